The Morgan fingerprint density at radius 1 is 1.16 bits per heavy atom. The van der Waals surface area contributed by atoms with Crippen molar-refractivity contribution in [3.05, 3.63) is 34.5 Å². The molecule has 4 rings (SSSR count). The summed E-state index contributed by atoms with van der Waals surface area (Å²) in [6.07, 6.45) is -0.155. The maximum absolute atomic E-state index is 14.0. The van der Waals surface area contributed by atoms with E-state index in [1.165, 1.54) is 34.8 Å². The molecule has 3 aromatic rings. The van der Waals surface area contributed by atoms with Crippen LogP contribution in [0.1, 0.15) is 78.7 Å². The molecular weight excluding hydrogens is 591 g/mol. The largest absolute Gasteiger partial charge is 0.444 e. The first-order valence-electron chi connectivity index (χ1n) is 14.7. The number of halogens is 1. The van der Waals surface area contributed by atoms with Crippen molar-refractivity contribution in [3.63, 3.8) is 0 Å². The normalized spacial score (nSPS) is 15.2. The number of nitrogens with zero attached hydrogens (tertiary/aromatic N) is 3. The van der Waals surface area contributed by atoms with E-state index >= 15 is 0 Å². The molecule has 2 atom stereocenters. The van der Waals surface area contributed by atoms with Crippen molar-refractivity contribution in [1.82, 2.24) is 14.8 Å². The lowest BCUT2D eigenvalue weighted by molar-refractivity contribution is 0.0145. The molecular formula is C31H43FN4O5S2. The molecule has 0 fully saturated rings. The highest BCUT2D eigenvalue weighted by molar-refractivity contribution is 7.22. The number of carbonyl (C=O) groups is 2. The highest BCUT2D eigenvalue weighted by Crippen LogP contribution is 2.46. The molecule has 0 aliphatic carbocycles. The van der Waals surface area contributed by atoms with Gasteiger partial charge >= 0.3 is 12.2 Å². The van der Waals surface area contributed by atoms with Gasteiger partial charge in [0.25, 0.3) is 0 Å². The highest BCUT2D eigenvalue weighted by atomic mass is 32.1. The molecule has 2 N–H and O–H groups in total. The van der Waals surface area contributed by atoms with E-state index in [1.54, 1.807) is 15.9 Å². The third-order valence-electron chi connectivity index (χ3n) is 6.96. The Labute approximate surface area is 261 Å². The predicted molar refractivity (Wildman–Crippen MR) is 170 cm³/mol. The molecule has 2 amide bonds. The number of thiazole rings is 1. The Kier molecular flexibility index (Phi) is 9.92. The molecule has 2 unspecified atom stereocenters. The van der Waals surface area contributed by atoms with E-state index in [2.05, 4.69) is 5.32 Å². The molecule has 236 valence electrons. The number of benzene rings is 1. The number of aliphatic hydroxyl groups is 1. The maximum atomic E-state index is 14.0. The Bertz CT molecular complexity index is 1460. The summed E-state index contributed by atoms with van der Waals surface area (Å²) in [7, 11) is 0. The van der Waals surface area contributed by atoms with E-state index in [9.17, 15) is 19.1 Å². The molecule has 0 radical (unpaired) electrons. The van der Waals surface area contributed by atoms with Gasteiger partial charge in [0.15, 0.2) is 0 Å². The van der Waals surface area contributed by atoms with Crippen LogP contribution in [0.4, 0.5) is 19.0 Å². The van der Waals surface area contributed by atoms with Crippen molar-refractivity contribution in [2.75, 3.05) is 18.4 Å². The lowest BCUT2D eigenvalue weighted by Gasteiger charge is -2.32. The van der Waals surface area contributed by atoms with E-state index < -0.39 is 23.5 Å². The van der Waals surface area contributed by atoms with Crippen LogP contribution in [0.3, 0.4) is 0 Å². The zero-order chi connectivity index (χ0) is 31.7. The topological polar surface area (TPSA) is 104 Å². The number of hydrogen-bond acceptors (Lipinski definition) is 9. The van der Waals surface area contributed by atoms with E-state index in [1.807, 2.05) is 55.4 Å². The third-order valence-corrected chi connectivity index (χ3v) is 9.17. The summed E-state index contributed by atoms with van der Waals surface area (Å²) in [5.74, 6) is -0.352. The Balaban J connectivity index is 1.60. The fraction of sp³-hybridized carbons (Fsp3) is 0.581. The summed E-state index contributed by atoms with van der Waals surface area (Å²) in [4.78, 5) is 34.8. The van der Waals surface area contributed by atoms with E-state index in [4.69, 9.17) is 14.5 Å². The standard InChI is InChI=1S/C31H43FN4O5S2/c1-9-18(2)36(29(39)41-31(6,7)8)15-13-24(37)34-27-25(26-33-21-16-19(32)10-11-22(21)42-26)20-12-14-35(17-23(20)43-27)28(38)40-30(3,4)5/h10-11,16,18,24,34,37H,9,12-15,17H2,1-8H3. The lowest BCUT2D eigenvalue weighted by atomic mass is 10.0. The van der Waals surface area contributed by atoms with Crippen LogP contribution >= 0.6 is 22.7 Å². The van der Waals surface area contributed by atoms with Gasteiger partial charge in [0.1, 0.15) is 33.3 Å². The van der Waals surface area contributed by atoms with Crippen molar-refractivity contribution < 1.29 is 28.6 Å². The first-order chi connectivity index (χ1) is 20.0. The minimum atomic E-state index is -0.971. The van der Waals surface area contributed by atoms with Gasteiger partial charge in [0.2, 0.25) is 0 Å². The Morgan fingerprint density at radius 2 is 1.86 bits per heavy atom. The molecule has 1 aromatic carbocycles. The van der Waals surface area contributed by atoms with E-state index in [0.717, 1.165) is 32.1 Å². The van der Waals surface area contributed by atoms with Crippen LogP contribution in [0.15, 0.2) is 18.2 Å². The summed E-state index contributed by atoms with van der Waals surface area (Å²) in [6.45, 7) is 16.1. The summed E-state index contributed by atoms with van der Waals surface area (Å²) >= 11 is 2.92. The molecule has 0 spiro atoms. The monoisotopic (exact) mass is 634 g/mol. The number of fused-ring (bicyclic) bond motifs is 2. The molecule has 0 bridgehead atoms. The van der Waals surface area contributed by atoms with Crippen LogP contribution in [-0.2, 0) is 22.4 Å². The fourth-order valence-corrected chi connectivity index (χ4v) is 7.14. The van der Waals surface area contributed by atoms with E-state index in [0.29, 0.717) is 36.6 Å². The van der Waals surface area contributed by atoms with Gasteiger partial charge < -0.3 is 29.7 Å². The van der Waals surface area contributed by atoms with Crippen molar-refractivity contribution in [2.45, 2.75) is 105 Å². The van der Waals surface area contributed by atoms with Gasteiger partial charge in [-0.15, -0.1) is 22.7 Å². The number of nitrogens with one attached hydrogen (secondary N) is 1. The van der Waals surface area contributed by atoms with Gasteiger partial charge in [0.05, 0.1) is 16.8 Å². The van der Waals surface area contributed by atoms with Gasteiger partial charge in [0, 0.05) is 42.1 Å². The van der Waals surface area contributed by atoms with Crippen molar-refractivity contribution in [2.24, 2.45) is 0 Å². The summed E-state index contributed by atoms with van der Waals surface area (Å²) < 4.78 is 26.0. The Hall–Kier alpha value is -2.96. The number of ether oxygens (including phenoxy) is 2. The zero-order valence-electron chi connectivity index (χ0n) is 26.2. The molecule has 2 aromatic heterocycles. The smallest absolute Gasteiger partial charge is 0.410 e. The maximum Gasteiger partial charge on any atom is 0.410 e. The average Bonchev–Trinajstić information content (AvgIpc) is 3.45. The molecule has 9 nitrogen and oxygen atoms in total. The number of rotatable bonds is 8. The average molecular weight is 635 g/mol. The minimum absolute atomic E-state index is 0.0614. The molecule has 3 heterocycles. The fourth-order valence-electron chi connectivity index (χ4n) is 4.74. The first kappa shape index (κ1) is 32.9. The van der Waals surface area contributed by atoms with Gasteiger partial charge in [-0.25, -0.2) is 19.0 Å². The second-order valence-corrected chi connectivity index (χ2v) is 15.0. The number of hydrogen-bond donors (Lipinski definition) is 2. The van der Waals surface area contributed by atoms with Gasteiger partial charge in [-0.2, -0.15) is 0 Å². The summed E-state index contributed by atoms with van der Waals surface area (Å²) in [5, 5.41) is 15.9. The van der Waals surface area contributed by atoms with Crippen LogP contribution in [0, 0.1) is 5.82 Å². The third kappa shape index (κ3) is 8.36. The Morgan fingerprint density at radius 3 is 2.51 bits per heavy atom. The molecule has 0 saturated carbocycles. The first-order valence-corrected chi connectivity index (χ1v) is 16.3. The van der Waals surface area contributed by atoms with Crippen molar-refractivity contribution in [1.29, 1.82) is 0 Å². The number of aliphatic hydroxyl groups excluding tert-OH is 1. The number of amides is 2. The highest BCUT2D eigenvalue weighted by Gasteiger charge is 2.32. The van der Waals surface area contributed by atoms with Crippen molar-refractivity contribution >= 4 is 50.1 Å². The molecule has 12 heteroatoms. The quantitative estimate of drug-likeness (QED) is 0.246. The number of carbonyl (C=O) groups excluding carboxylic acids is 2. The molecule has 43 heavy (non-hydrogen) atoms. The molecule has 0 saturated heterocycles. The SMILES string of the molecule is CCC(C)N(CCC(O)Nc1sc2c(c1-c1nc3cc(F)ccc3s1)CCN(C(=O)OC(C)(C)C)C2)C(=O)OC(C)(C)C. The van der Waals surface area contributed by atoms with Crippen LogP contribution in [0.5, 0.6) is 0 Å². The molecule has 1 aliphatic heterocycles. The van der Waals surface area contributed by atoms with Gasteiger partial charge in [-0.1, -0.05) is 6.92 Å². The van der Waals surface area contributed by atoms with Crippen LogP contribution in [-0.4, -0.2) is 68.6 Å². The summed E-state index contributed by atoms with van der Waals surface area (Å²) in [6, 6.07) is 4.49. The second-order valence-electron chi connectivity index (χ2n) is 12.9. The van der Waals surface area contributed by atoms with Crippen LogP contribution in [0.25, 0.3) is 20.8 Å². The second kappa shape index (κ2) is 13.0. The van der Waals surface area contributed by atoms with Crippen LogP contribution in [0.2, 0.25) is 0 Å². The van der Waals surface area contributed by atoms with E-state index in [-0.39, 0.29) is 24.4 Å². The lowest BCUT2D eigenvalue weighted by Crippen LogP contribution is -2.43. The number of anilines is 1. The van der Waals surface area contributed by atoms with Gasteiger partial charge in [-0.3, -0.25) is 0 Å². The minimum Gasteiger partial charge on any atom is -0.444 e. The number of thiophene rings is 1. The van der Waals surface area contributed by atoms with Crippen LogP contribution < -0.4 is 5.32 Å². The summed E-state index contributed by atoms with van der Waals surface area (Å²) in [5.41, 5.74) is 1.24. The molecule has 1 aliphatic rings. The predicted octanol–water partition coefficient (Wildman–Crippen LogP) is 7.61. The van der Waals surface area contributed by atoms with Crippen molar-refractivity contribution in [3.8, 4) is 10.6 Å². The zero-order valence-corrected chi connectivity index (χ0v) is 27.9. The number of aromatic nitrogens is 1. The van der Waals surface area contributed by atoms with Gasteiger partial charge in [-0.05, 0) is 79.0 Å².